The smallest absolute Gasteiger partial charge is 0.261 e. The van der Waals surface area contributed by atoms with Crippen LogP contribution in [0.15, 0.2) is 103 Å². The third-order valence-corrected chi connectivity index (χ3v) is 11.1. The standard InChI is InChI=1S/C27H30OSi/c1-27(2,3)29(23-16-9-5-10-17-23,24-18-11-6-12-19-24)28-26-21-13-20-25(26)22-14-7-4-8-15-22/h4-20,25-26H,21H2,1-3H3/t25-,26-/m1/s1. The summed E-state index contributed by atoms with van der Waals surface area (Å²) in [5.74, 6) is 0.304. The first kappa shape index (κ1) is 19.9. The van der Waals surface area contributed by atoms with E-state index in [0.29, 0.717) is 5.92 Å². The van der Waals surface area contributed by atoms with Gasteiger partial charge in [0.2, 0.25) is 0 Å². The van der Waals surface area contributed by atoms with E-state index in [1.54, 1.807) is 0 Å². The molecule has 29 heavy (non-hydrogen) atoms. The molecule has 0 radical (unpaired) electrons. The topological polar surface area (TPSA) is 9.23 Å². The second-order valence-corrected chi connectivity index (χ2v) is 13.2. The first-order valence-corrected chi connectivity index (χ1v) is 12.4. The largest absolute Gasteiger partial charge is 0.403 e. The quantitative estimate of drug-likeness (QED) is 0.397. The monoisotopic (exact) mass is 398 g/mol. The van der Waals surface area contributed by atoms with E-state index in [9.17, 15) is 0 Å². The Morgan fingerprint density at radius 1 is 0.724 bits per heavy atom. The van der Waals surface area contributed by atoms with Gasteiger partial charge in [0.1, 0.15) is 0 Å². The molecule has 3 aromatic rings. The van der Waals surface area contributed by atoms with Gasteiger partial charge in [-0.05, 0) is 27.4 Å². The van der Waals surface area contributed by atoms with Crippen molar-refractivity contribution in [3.8, 4) is 0 Å². The molecule has 2 atom stereocenters. The molecule has 0 amide bonds. The summed E-state index contributed by atoms with van der Waals surface area (Å²) in [5.41, 5.74) is 1.34. The highest BCUT2D eigenvalue weighted by atomic mass is 28.4. The van der Waals surface area contributed by atoms with Gasteiger partial charge in [0.05, 0.1) is 6.10 Å². The number of rotatable bonds is 5. The molecule has 0 spiro atoms. The summed E-state index contributed by atoms with van der Waals surface area (Å²) in [6, 6.07) is 32.7. The maximum Gasteiger partial charge on any atom is 0.261 e. The Labute approximate surface area is 176 Å². The lowest BCUT2D eigenvalue weighted by molar-refractivity contribution is 0.184. The van der Waals surface area contributed by atoms with Crippen LogP contribution in [0.3, 0.4) is 0 Å². The van der Waals surface area contributed by atoms with Crippen molar-refractivity contribution in [2.75, 3.05) is 0 Å². The highest BCUT2D eigenvalue weighted by Crippen LogP contribution is 2.41. The van der Waals surface area contributed by atoms with E-state index in [0.717, 1.165) is 6.42 Å². The lowest BCUT2D eigenvalue weighted by Gasteiger charge is -2.45. The fraction of sp³-hybridized carbons (Fsp3) is 0.259. The van der Waals surface area contributed by atoms with Gasteiger partial charge in [-0.3, -0.25) is 0 Å². The van der Waals surface area contributed by atoms with Gasteiger partial charge in [-0.25, -0.2) is 0 Å². The summed E-state index contributed by atoms with van der Waals surface area (Å²) < 4.78 is 7.38. The Morgan fingerprint density at radius 2 is 1.21 bits per heavy atom. The Balaban J connectivity index is 1.83. The van der Waals surface area contributed by atoms with Gasteiger partial charge in [0.15, 0.2) is 0 Å². The summed E-state index contributed by atoms with van der Waals surface area (Å²) in [7, 11) is -2.53. The van der Waals surface area contributed by atoms with E-state index >= 15 is 0 Å². The van der Waals surface area contributed by atoms with Crippen LogP contribution in [0.4, 0.5) is 0 Å². The first-order valence-electron chi connectivity index (χ1n) is 10.5. The number of hydrogen-bond donors (Lipinski definition) is 0. The fourth-order valence-electron chi connectivity index (χ4n) is 4.67. The molecule has 3 aromatic carbocycles. The molecule has 1 nitrogen and oxygen atoms in total. The zero-order chi connectivity index (χ0) is 20.3. The lowest BCUT2D eigenvalue weighted by atomic mass is 9.97. The van der Waals surface area contributed by atoms with Crippen LogP contribution in [-0.4, -0.2) is 14.4 Å². The van der Waals surface area contributed by atoms with Crippen molar-refractivity contribution in [2.45, 2.75) is 44.3 Å². The summed E-state index contributed by atoms with van der Waals surface area (Å²) in [6.07, 6.45) is 5.74. The molecule has 0 aliphatic heterocycles. The van der Waals surface area contributed by atoms with E-state index in [1.165, 1.54) is 15.9 Å². The molecule has 0 unspecified atom stereocenters. The van der Waals surface area contributed by atoms with Gasteiger partial charge in [-0.1, -0.05) is 124 Å². The maximum absolute atomic E-state index is 7.38. The molecule has 1 aliphatic carbocycles. The molecule has 0 saturated heterocycles. The van der Waals surface area contributed by atoms with Crippen molar-refractivity contribution in [1.82, 2.24) is 0 Å². The van der Waals surface area contributed by atoms with E-state index in [2.05, 4.69) is 124 Å². The zero-order valence-electron chi connectivity index (χ0n) is 17.6. The second kappa shape index (κ2) is 8.14. The highest BCUT2D eigenvalue weighted by molar-refractivity contribution is 6.99. The molecular weight excluding hydrogens is 368 g/mol. The minimum Gasteiger partial charge on any atom is -0.403 e. The van der Waals surface area contributed by atoms with Crippen LogP contribution in [-0.2, 0) is 4.43 Å². The van der Waals surface area contributed by atoms with Crippen molar-refractivity contribution < 1.29 is 4.43 Å². The average Bonchev–Trinajstić information content (AvgIpc) is 3.21. The first-order chi connectivity index (χ1) is 14.0. The van der Waals surface area contributed by atoms with Gasteiger partial charge in [-0.2, -0.15) is 0 Å². The molecule has 2 heteroatoms. The summed E-state index contributed by atoms with van der Waals surface area (Å²) in [4.78, 5) is 0. The summed E-state index contributed by atoms with van der Waals surface area (Å²) in [5, 5.41) is 2.69. The van der Waals surface area contributed by atoms with Crippen LogP contribution in [0.2, 0.25) is 5.04 Å². The molecule has 0 aromatic heterocycles. The zero-order valence-corrected chi connectivity index (χ0v) is 18.6. The van der Waals surface area contributed by atoms with Crippen LogP contribution in [0.1, 0.15) is 38.7 Å². The Bertz CT molecular complexity index is 903. The second-order valence-electron chi connectivity index (χ2n) is 8.92. The van der Waals surface area contributed by atoms with Gasteiger partial charge < -0.3 is 4.43 Å². The van der Waals surface area contributed by atoms with Crippen LogP contribution in [0.5, 0.6) is 0 Å². The highest BCUT2D eigenvalue weighted by Gasteiger charge is 2.52. The number of benzene rings is 3. The van der Waals surface area contributed by atoms with Gasteiger partial charge in [-0.15, -0.1) is 0 Å². The van der Waals surface area contributed by atoms with Crippen LogP contribution >= 0.6 is 0 Å². The molecule has 0 bridgehead atoms. The van der Waals surface area contributed by atoms with E-state index in [1.807, 2.05) is 0 Å². The third kappa shape index (κ3) is 3.75. The van der Waals surface area contributed by atoms with Gasteiger partial charge in [0, 0.05) is 5.92 Å². The molecule has 0 fully saturated rings. The Morgan fingerprint density at radius 3 is 1.69 bits per heavy atom. The molecule has 0 N–H and O–H groups in total. The van der Waals surface area contributed by atoms with Crippen molar-refractivity contribution in [3.63, 3.8) is 0 Å². The van der Waals surface area contributed by atoms with Crippen molar-refractivity contribution in [2.24, 2.45) is 0 Å². The van der Waals surface area contributed by atoms with Crippen LogP contribution in [0.25, 0.3) is 0 Å². The number of hydrogen-bond acceptors (Lipinski definition) is 1. The molecule has 148 valence electrons. The molecule has 0 saturated carbocycles. The van der Waals surface area contributed by atoms with Gasteiger partial charge in [0.25, 0.3) is 8.32 Å². The molecule has 0 heterocycles. The average molecular weight is 399 g/mol. The normalized spacial score (nSPS) is 19.4. The summed E-state index contributed by atoms with van der Waals surface area (Å²) >= 11 is 0. The molecular formula is C27H30OSi. The Kier molecular flexibility index (Phi) is 5.58. The predicted octanol–water partition coefficient (Wildman–Crippen LogP) is 5.68. The Hall–Kier alpha value is -2.42. The van der Waals surface area contributed by atoms with Crippen molar-refractivity contribution >= 4 is 18.7 Å². The van der Waals surface area contributed by atoms with Gasteiger partial charge >= 0.3 is 0 Å². The van der Waals surface area contributed by atoms with E-state index in [4.69, 9.17) is 4.43 Å². The SMILES string of the molecule is CC(C)(C)[Si](O[C@@H]1CC=C[C@@H]1c1ccccc1)(c1ccccc1)c1ccccc1. The van der Waals surface area contributed by atoms with E-state index in [-0.39, 0.29) is 11.1 Å². The molecule has 4 rings (SSSR count). The van der Waals surface area contributed by atoms with Crippen LogP contribution in [0, 0.1) is 0 Å². The van der Waals surface area contributed by atoms with Crippen LogP contribution < -0.4 is 10.4 Å². The minimum atomic E-state index is -2.53. The minimum absolute atomic E-state index is 0.000462. The third-order valence-electron chi connectivity index (χ3n) is 6.04. The predicted molar refractivity (Wildman–Crippen MR) is 125 cm³/mol. The van der Waals surface area contributed by atoms with E-state index < -0.39 is 8.32 Å². The summed E-state index contributed by atoms with van der Waals surface area (Å²) in [6.45, 7) is 7.04. The fourth-order valence-corrected chi connectivity index (χ4v) is 9.38. The lowest BCUT2D eigenvalue weighted by Crippen LogP contribution is -2.67. The maximum atomic E-state index is 7.38. The van der Waals surface area contributed by atoms with Crippen molar-refractivity contribution in [1.29, 1.82) is 0 Å². The molecule has 1 aliphatic rings. The van der Waals surface area contributed by atoms with Crippen molar-refractivity contribution in [3.05, 3.63) is 109 Å².